The maximum atomic E-state index is 3.63. The van der Waals surface area contributed by atoms with Gasteiger partial charge in [0.05, 0.1) is 0 Å². The molecule has 0 heterocycles. The average molecular weight is 343 g/mol. The summed E-state index contributed by atoms with van der Waals surface area (Å²) < 4.78 is 2.26. The predicted octanol–water partition coefficient (Wildman–Crippen LogP) is 4.59. The number of benzene rings is 1. The molecule has 1 saturated carbocycles. The Bertz CT molecular complexity index is 442. The maximum Gasteiger partial charge on any atom is 0.0498 e. The third-order valence-corrected chi connectivity index (χ3v) is 4.82. The Kier molecular flexibility index (Phi) is 2.84. The molecule has 0 aromatic heterocycles. The van der Waals surface area contributed by atoms with Gasteiger partial charge in [-0.05, 0) is 52.9 Å². The Morgan fingerprint density at radius 1 is 1.25 bits per heavy atom. The standard InChI is InChI=1S/C13H13Br2N/c14-9-4-5-11(15)13(7-9)16-12-6-8-2-1-3-10(8)12/h1,3-5,7-8,10,12,16H,2,6H2. The van der Waals surface area contributed by atoms with E-state index in [1.54, 1.807) is 0 Å². The molecule has 0 saturated heterocycles. The number of anilines is 1. The van der Waals surface area contributed by atoms with E-state index in [1.165, 1.54) is 18.5 Å². The third-order valence-electron chi connectivity index (χ3n) is 3.63. The quantitative estimate of drug-likeness (QED) is 0.775. The minimum atomic E-state index is 0.620. The van der Waals surface area contributed by atoms with Gasteiger partial charge in [-0.15, -0.1) is 0 Å². The second-order valence-electron chi connectivity index (χ2n) is 4.61. The van der Waals surface area contributed by atoms with Gasteiger partial charge in [0.25, 0.3) is 0 Å². The van der Waals surface area contributed by atoms with Crippen molar-refractivity contribution in [2.24, 2.45) is 11.8 Å². The van der Waals surface area contributed by atoms with Crippen LogP contribution in [0.1, 0.15) is 12.8 Å². The van der Waals surface area contributed by atoms with Crippen molar-refractivity contribution in [2.45, 2.75) is 18.9 Å². The molecule has 0 spiro atoms. The first-order chi connectivity index (χ1) is 7.74. The molecule has 3 unspecified atom stereocenters. The lowest BCUT2D eigenvalue weighted by Gasteiger charge is -2.41. The zero-order chi connectivity index (χ0) is 11.1. The number of nitrogens with one attached hydrogen (secondary N) is 1. The van der Waals surface area contributed by atoms with Crippen molar-refractivity contribution in [1.82, 2.24) is 0 Å². The maximum absolute atomic E-state index is 3.63. The minimum Gasteiger partial charge on any atom is -0.381 e. The van der Waals surface area contributed by atoms with Gasteiger partial charge in [-0.3, -0.25) is 0 Å². The Labute approximate surface area is 113 Å². The van der Waals surface area contributed by atoms with Crippen LogP contribution in [0.5, 0.6) is 0 Å². The monoisotopic (exact) mass is 341 g/mol. The molecule has 3 rings (SSSR count). The van der Waals surface area contributed by atoms with E-state index < -0.39 is 0 Å². The van der Waals surface area contributed by atoms with Crippen molar-refractivity contribution >= 4 is 37.5 Å². The van der Waals surface area contributed by atoms with Crippen LogP contribution in [0.4, 0.5) is 5.69 Å². The Morgan fingerprint density at radius 3 is 2.94 bits per heavy atom. The van der Waals surface area contributed by atoms with E-state index in [2.05, 4.69) is 61.5 Å². The molecule has 0 radical (unpaired) electrons. The average Bonchev–Trinajstić information content (AvgIpc) is 2.61. The van der Waals surface area contributed by atoms with Crippen LogP contribution in [0.25, 0.3) is 0 Å². The highest BCUT2D eigenvalue weighted by Gasteiger charge is 2.40. The molecular formula is C13H13Br2N. The Hall–Kier alpha value is -0.280. The van der Waals surface area contributed by atoms with E-state index >= 15 is 0 Å². The molecule has 1 nitrogen and oxygen atoms in total. The summed E-state index contributed by atoms with van der Waals surface area (Å²) in [6.45, 7) is 0. The van der Waals surface area contributed by atoms with Gasteiger partial charge in [-0.1, -0.05) is 28.1 Å². The van der Waals surface area contributed by atoms with Crippen LogP contribution in [0.2, 0.25) is 0 Å². The number of hydrogen-bond acceptors (Lipinski definition) is 1. The molecule has 1 aromatic carbocycles. The first-order valence-corrected chi connectivity index (χ1v) is 7.21. The number of allylic oxidation sites excluding steroid dienone is 1. The highest BCUT2D eigenvalue weighted by molar-refractivity contribution is 9.11. The number of halogens is 2. The third kappa shape index (κ3) is 1.84. The minimum absolute atomic E-state index is 0.620. The second-order valence-corrected chi connectivity index (χ2v) is 6.38. The second kappa shape index (κ2) is 4.19. The lowest BCUT2D eigenvalue weighted by atomic mass is 9.71. The molecule has 3 heteroatoms. The van der Waals surface area contributed by atoms with E-state index in [1.807, 2.05) is 6.07 Å². The molecule has 3 atom stereocenters. The summed E-state index contributed by atoms with van der Waals surface area (Å²) in [6, 6.07) is 6.88. The van der Waals surface area contributed by atoms with Crippen LogP contribution < -0.4 is 5.32 Å². The SMILES string of the molecule is Brc1ccc(Br)c(NC2CC3CC=CC32)c1. The van der Waals surface area contributed by atoms with Gasteiger partial charge in [0.2, 0.25) is 0 Å². The fourth-order valence-electron chi connectivity index (χ4n) is 2.69. The molecule has 1 fully saturated rings. The van der Waals surface area contributed by atoms with Gasteiger partial charge in [0.1, 0.15) is 0 Å². The molecule has 2 aliphatic rings. The fraction of sp³-hybridized carbons (Fsp3) is 0.385. The normalized spacial score (nSPS) is 31.0. The zero-order valence-corrected chi connectivity index (χ0v) is 12.0. The summed E-state index contributed by atoms with van der Waals surface area (Å²) in [5, 5.41) is 3.63. The van der Waals surface area contributed by atoms with Crippen LogP contribution in [-0.2, 0) is 0 Å². The van der Waals surface area contributed by atoms with Crippen LogP contribution in [0, 0.1) is 11.8 Å². The summed E-state index contributed by atoms with van der Waals surface area (Å²) in [5.74, 6) is 1.66. The molecule has 0 bridgehead atoms. The van der Waals surface area contributed by atoms with E-state index in [0.717, 1.165) is 20.8 Å². The molecule has 2 aliphatic carbocycles. The molecular weight excluding hydrogens is 330 g/mol. The highest BCUT2D eigenvalue weighted by atomic mass is 79.9. The van der Waals surface area contributed by atoms with Gasteiger partial charge >= 0.3 is 0 Å². The first-order valence-electron chi connectivity index (χ1n) is 5.62. The van der Waals surface area contributed by atoms with E-state index in [9.17, 15) is 0 Å². The van der Waals surface area contributed by atoms with Crippen molar-refractivity contribution in [2.75, 3.05) is 5.32 Å². The lowest BCUT2D eigenvalue weighted by molar-refractivity contribution is 0.218. The topological polar surface area (TPSA) is 12.0 Å². The van der Waals surface area contributed by atoms with Gasteiger partial charge < -0.3 is 5.32 Å². The molecule has 1 N–H and O–H groups in total. The molecule has 0 amide bonds. The van der Waals surface area contributed by atoms with Crippen molar-refractivity contribution in [3.63, 3.8) is 0 Å². The first kappa shape index (κ1) is 10.8. The number of rotatable bonds is 2. The predicted molar refractivity (Wildman–Crippen MR) is 74.6 cm³/mol. The number of fused-ring (bicyclic) bond motifs is 1. The molecule has 16 heavy (non-hydrogen) atoms. The van der Waals surface area contributed by atoms with Crippen molar-refractivity contribution in [1.29, 1.82) is 0 Å². The van der Waals surface area contributed by atoms with Crippen LogP contribution in [-0.4, -0.2) is 6.04 Å². The highest BCUT2D eigenvalue weighted by Crippen LogP contribution is 2.44. The summed E-state index contributed by atoms with van der Waals surface area (Å²) in [4.78, 5) is 0. The summed E-state index contributed by atoms with van der Waals surface area (Å²) in [6.07, 6.45) is 7.28. The fourth-order valence-corrected chi connectivity index (χ4v) is 3.41. The van der Waals surface area contributed by atoms with E-state index in [4.69, 9.17) is 0 Å². The largest absolute Gasteiger partial charge is 0.381 e. The Morgan fingerprint density at radius 2 is 2.12 bits per heavy atom. The van der Waals surface area contributed by atoms with Crippen molar-refractivity contribution in [3.05, 3.63) is 39.3 Å². The Balaban J connectivity index is 1.75. The van der Waals surface area contributed by atoms with Crippen LogP contribution >= 0.6 is 31.9 Å². The molecule has 84 valence electrons. The van der Waals surface area contributed by atoms with Crippen LogP contribution in [0.3, 0.4) is 0 Å². The van der Waals surface area contributed by atoms with Crippen molar-refractivity contribution in [3.8, 4) is 0 Å². The summed E-state index contributed by atoms with van der Waals surface area (Å²) in [7, 11) is 0. The van der Waals surface area contributed by atoms with E-state index in [0.29, 0.717) is 6.04 Å². The summed E-state index contributed by atoms with van der Waals surface area (Å²) in [5.41, 5.74) is 1.19. The van der Waals surface area contributed by atoms with Gasteiger partial charge in [-0.2, -0.15) is 0 Å². The summed E-state index contributed by atoms with van der Waals surface area (Å²) >= 11 is 7.09. The van der Waals surface area contributed by atoms with Gasteiger partial charge in [0, 0.05) is 26.6 Å². The van der Waals surface area contributed by atoms with Gasteiger partial charge in [-0.25, -0.2) is 0 Å². The number of hydrogen-bond donors (Lipinski definition) is 1. The lowest BCUT2D eigenvalue weighted by Crippen LogP contribution is -2.43. The van der Waals surface area contributed by atoms with E-state index in [-0.39, 0.29) is 0 Å². The smallest absolute Gasteiger partial charge is 0.0498 e. The molecule has 1 aromatic rings. The zero-order valence-electron chi connectivity index (χ0n) is 8.79. The van der Waals surface area contributed by atoms with Crippen LogP contribution in [0.15, 0.2) is 39.3 Å². The molecule has 0 aliphatic heterocycles. The van der Waals surface area contributed by atoms with Gasteiger partial charge in [0.15, 0.2) is 0 Å². The van der Waals surface area contributed by atoms with Crippen molar-refractivity contribution < 1.29 is 0 Å².